The van der Waals surface area contributed by atoms with Crippen LogP contribution in [-0.4, -0.2) is 40.5 Å². The van der Waals surface area contributed by atoms with Gasteiger partial charge in [-0.2, -0.15) is 0 Å². The second-order valence-electron chi connectivity index (χ2n) is 8.67. The number of hydrogen-bond donors (Lipinski definition) is 1. The van der Waals surface area contributed by atoms with Gasteiger partial charge in [0.1, 0.15) is 18.9 Å². The molecule has 3 aromatic rings. The highest BCUT2D eigenvalue weighted by molar-refractivity contribution is 5.96. The van der Waals surface area contributed by atoms with Crippen molar-refractivity contribution in [1.29, 1.82) is 0 Å². The molecular formula is C26H26N4O5. The lowest BCUT2D eigenvalue weighted by Crippen LogP contribution is -2.30. The quantitative estimate of drug-likeness (QED) is 0.399. The third kappa shape index (κ3) is 4.62. The zero-order valence-corrected chi connectivity index (χ0v) is 19.3. The predicted octanol–water partition coefficient (Wildman–Crippen LogP) is 4.91. The van der Waals surface area contributed by atoms with Crippen molar-refractivity contribution in [3.05, 3.63) is 87.7 Å². The zero-order chi connectivity index (χ0) is 24.4. The zero-order valence-electron chi connectivity index (χ0n) is 19.3. The molecule has 2 aliphatic rings. The number of carbonyl (C=O) groups excluding carboxylic acids is 1. The largest absolute Gasteiger partial charge is 0.486 e. The molecule has 0 aliphatic carbocycles. The first-order chi connectivity index (χ1) is 17.0. The molecule has 2 aromatic carbocycles. The van der Waals surface area contributed by atoms with E-state index in [1.54, 1.807) is 23.2 Å². The molecule has 9 nitrogen and oxygen atoms in total. The third-order valence-corrected chi connectivity index (χ3v) is 6.41. The topological polar surface area (TPSA) is 107 Å². The first-order valence-electron chi connectivity index (χ1n) is 11.7. The number of aromatic nitrogens is 1. The van der Waals surface area contributed by atoms with E-state index in [1.165, 1.54) is 6.07 Å². The Kier molecular flexibility index (Phi) is 6.22. The Morgan fingerprint density at radius 1 is 1.14 bits per heavy atom. The molecule has 1 fully saturated rings. The number of nitrogens with one attached hydrogen (secondary N) is 1. The lowest BCUT2D eigenvalue weighted by molar-refractivity contribution is -0.384. The van der Waals surface area contributed by atoms with Gasteiger partial charge in [0.05, 0.1) is 22.7 Å². The highest BCUT2D eigenvalue weighted by atomic mass is 16.6. The first kappa shape index (κ1) is 22.6. The Labute approximate surface area is 202 Å². The number of amides is 1. The lowest BCUT2D eigenvalue weighted by atomic mass is 10.0. The summed E-state index contributed by atoms with van der Waals surface area (Å²) in [5.41, 5.74) is 2.22. The van der Waals surface area contributed by atoms with Crippen molar-refractivity contribution in [3.63, 3.8) is 0 Å². The standard InChI is InChI=1S/C26H26N4O5/c1-17(20-5-2-3-11-27-20)28-21-9-7-19(15-23(21)30(32)33)26(31)29-12-4-6-22(29)18-8-10-24-25(16-18)35-14-13-34-24/h2-3,5,7-11,15-17,22,28H,4,6,12-14H2,1H3. The Morgan fingerprint density at radius 3 is 2.74 bits per heavy atom. The van der Waals surface area contributed by atoms with Crippen LogP contribution in [0.5, 0.6) is 11.5 Å². The monoisotopic (exact) mass is 474 g/mol. The normalized spacial score (nSPS) is 17.6. The van der Waals surface area contributed by atoms with Crippen LogP contribution < -0.4 is 14.8 Å². The van der Waals surface area contributed by atoms with E-state index in [9.17, 15) is 14.9 Å². The molecule has 0 bridgehead atoms. The minimum absolute atomic E-state index is 0.126. The molecule has 3 heterocycles. The number of hydrogen-bond acceptors (Lipinski definition) is 7. The maximum atomic E-state index is 13.5. The van der Waals surface area contributed by atoms with E-state index in [4.69, 9.17) is 9.47 Å². The smallest absolute Gasteiger partial charge is 0.293 e. The molecule has 0 radical (unpaired) electrons. The van der Waals surface area contributed by atoms with Gasteiger partial charge >= 0.3 is 0 Å². The van der Waals surface area contributed by atoms with Crippen LogP contribution in [-0.2, 0) is 0 Å². The van der Waals surface area contributed by atoms with Gasteiger partial charge in [0.2, 0.25) is 0 Å². The highest BCUT2D eigenvalue weighted by Crippen LogP contribution is 2.39. The van der Waals surface area contributed by atoms with Crippen LogP contribution in [0.1, 0.15) is 53.5 Å². The first-order valence-corrected chi connectivity index (χ1v) is 11.7. The fourth-order valence-electron chi connectivity index (χ4n) is 4.67. The van der Waals surface area contributed by atoms with E-state index < -0.39 is 4.92 Å². The molecule has 2 atom stereocenters. The van der Waals surface area contributed by atoms with Crippen LogP contribution >= 0.6 is 0 Å². The molecule has 1 amide bonds. The molecule has 0 spiro atoms. The fourth-order valence-corrected chi connectivity index (χ4v) is 4.67. The van der Waals surface area contributed by atoms with Gasteiger partial charge in [-0.15, -0.1) is 0 Å². The van der Waals surface area contributed by atoms with Crippen molar-refractivity contribution in [3.8, 4) is 11.5 Å². The molecule has 2 aliphatic heterocycles. The number of rotatable bonds is 6. The molecule has 1 aromatic heterocycles. The van der Waals surface area contributed by atoms with Crippen molar-refractivity contribution >= 4 is 17.3 Å². The maximum absolute atomic E-state index is 13.5. The summed E-state index contributed by atoms with van der Waals surface area (Å²) in [5, 5.41) is 15.0. The number of nitrogens with zero attached hydrogens (tertiary/aromatic N) is 3. The van der Waals surface area contributed by atoms with Crippen molar-refractivity contribution in [2.75, 3.05) is 25.1 Å². The van der Waals surface area contributed by atoms with Crippen molar-refractivity contribution in [1.82, 2.24) is 9.88 Å². The van der Waals surface area contributed by atoms with Gasteiger partial charge in [-0.25, -0.2) is 0 Å². The summed E-state index contributed by atoms with van der Waals surface area (Å²) in [6, 6.07) is 15.5. The Hall–Kier alpha value is -4.14. The van der Waals surface area contributed by atoms with E-state index in [1.807, 2.05) is 43.3 Å². The number of carbonyl (C=O) groups is 1. The number of nitro benzene ring substituents is 1. The fraction of sp³-hybridized carbons (Fsp3) is 0.308. The molecule has 9 heteroatoms. The van der Waals surface area contributed by atoms with Gasteiger partial charge in [0.25, 0.3) is 11.6 Å². The number of fused-ring (bicyclic) bond motifs is 1. The number of anilines is 1. The van der Waals surface area contributed by atoms with Gasteiger partial charge in [0, 0.05) is 24.4 Å². The maximum Gasteiger partial charge on any atom is 0.293 e. The summed E-state index contributed by atoms with van der Waals surface area (Å²) < 4.78 is 11.3. The van der Waals surface area contributed by atoms with Crippen LogP contribution in [0.4, 0.5) is 11.4 Å². The molecule has 35 heavy (non-hydrogen) atoms. The summed E-state index contributed by atoms with van der Waals surface area (Å²) in [6.07, 6.45) is 3.35. The second kappa shape index (κ2) is 9.61. The summed E-state index contributed by atoms with van der Waals surface area (Å²) >= 11 is 0. The molecular weight excluding hydrogens is 448 g/mol. The van der Waals surface area contributed by atoms with Gasteiger partial charge in [-0.1, -0.05) is 12.1 Å². The summed E-state index contributed by atoms with van der Waals surface area (Å²) in [4.78, 5) is 30.9. The predicted molar refractivity (Wildman–Crippen MR) is 130 cm³/mol. The van der Waals surface area contributed by atoms with E-state index >= 15 is 0 Å². The van der Waals surface area contributed by atoms with Crippen LogP contribution in [0.15, 0.2) is 60.8 Å². The summed E-state index contributed by atoms with van der Waals surface area (Å²) in [6.45, 7) is 3.48. The van der Waals surface area contributed by atoms with Crippen LogP contribution in [0.3, 0.4) is 0 Å². The third-order valence-electron chi connectivity index (χ3n) is 6.41. The lowest BCUT2D eigenvalue weighted by Gasteiger charge is -2.27. The number of ether oxygens (including phenoxy) is 2. The second-order valence-corrected chi connectivity index (χ2v) is 8.67. The van der Waals surface area contributed by atoms with Crippen LogP contribution in [0, 0.1) is 10.1 Å². The molecule has 0 saturated carbocycles. The Morgan fingerprint density at radius 2 is 1.97 bits per heavy atom. The van der Waals surface area contributed by atoms with Gasteiger partial charge < -0.3 is 19.7 Å². The Balaban J connectivity index is 1.38. The average molecular weight is 475 g/mol. The number of benzene rings is 2. The minimum Gasteiger partial charge on any atom is -0.486 e. The van der Waals surface area contributed by atoms with Crippen molar-refractivity contribution in [2.24, 2.45) is 0 Å². The number of pyridine rings is 1. The van der Waals surface area contributed by atoms with Crippen LogP contribution in [0.2, 0.25) is 0 Å². The molecule has 180 valence electrons. The van der Waals surface area contributed by atoms with Crippen molar-refractivity contribution < 1.29 is 19.2 Å². The average Bonchev–Trinajstić information content (AvgIpc) is 3.38. The molecule has 5 rings (SSSR count). The van der Waals surface area contributed by atoms with Crippen molar-refractivity contribution in [2.45, 2.75) is 31.8 Å². The number of likely N-dealkylation sites (tertiary alicyclic amines) is 1. The van der Waals surface area contributed by atoms with Crippen LogP contribution in [0.25, 0.3) is 0 Å². The van der Waals surface area contributed by atoms with E-state index in [0.717, 1.165) is 24.1 Å². The minimum atomic E-state index is -0.466. The summed E-state index contributed by atoms with van der Waals surface area (Å²) in [5.74, 6) is 1.16. The van der Waals surface area contributed by atoms with Gasteiger partial charge in [-0.3, -0.25) is 19.9 Å². The Bertz CT molecular complexity index is 1250. The SMILES string of the molecule is CC(Nc1ccc(C(=O)N2CCCC2c2ccc3c(c2)OCCO3)cc1[N+](=O)[O-])c1ccccn1. The van der Waals surface area contributed by atoms with E-state index in [2.05, 4.69) is 10.3 Å². The molecule has 1 saturated heterocycles. The number of nitro groups is 1. The highest BCUT2D eigenvalue weighted by Gasteiger charge is 2.32. The van der Waals surface area contributed by atoms with E-state index in [-0.39, 0.29) is 29.2 Å². The van der Waals surface area contributed by atoms with E-state index in [0.29, 0.717) is 36.9 Å². The molecule has 1 N–H and O–H groups in total. The van der Waals surface area contributed by atoms with Gasteiger partial charge in [-0.05, 0) is 61.7 Å². The molecule has 2 unspecified atom stereocenters. The van der Waals surface area contributed by atoms with Gasteiger partial charge in [0.15, 0.2) is 11.5 Å². The summed E-state index contributed by atoms with van der Waals surface area (Å²) in [7, 11) is 0.